The van der Waals surface area contributed by atoms with Gasteiger partial charge in [0.15, 0.2) is 0 Å². The summed E-state index contributed by atoms with van der Waals surface area (Å²) in [5, 5.41) is 3.35. The second-order valence-electron chi connectivity index (χ2n) is 10.7. The summed E-state index contributed by atoms with van der Waals surface area (Å²) in [7, 11) is -4.21. The van der Waals surface area contributed by atoms with Gasteiger partial charge in [-0.15, -0.1) is 0 Å². The summed E-state index contributed by atoms with van der Waals surface area (Å²) in [4.78, 5) is 28.5. The molecule has 0 radical (unpaired) electrons. The minimum atomic E-state index is -4.21. The Morgan fingerprint density at radius 3 is 2.05 bits per heavy atom. The number of aryl methyl sites for hydroxylation is 1. The molecule has 0 heterocycles. The fourth-order valence-electron chi connectivity index (χ4n) is 4.09. The second-order valence-corrected chi connectivity index (χ2v) is 13.4. The van der Waals surface area contributed by atoms with Crippen molar-refractivity contribution in [1.29, 1.82) is 0 Å². The summed E-state index contributed by atoms with van der Waals surface area (Å²) >= 11 is 12.5. The number of benzene rings is 3. The van der Waals surface area contributed by atoms with Crippen LogP contribution in [-0.4, -0.2) is 49.8 Å². The molecule has 10 heteroatoms. The van der Waals surface area contributed by atoms with Crippen LogP contribution in [0.4, 0.5) is 5.69 Å². The van der Waals surface area contributed by atoms with Crippen molar-refractivity contribution in [3.05, 3.63) is 94.0 Å². The monoisotopic (exact) mass is 603 g/mol. The van der Waals surface area contributed by atoms with Gasteiger partial charge < -0.3 is 10.2 Å². The molecule has 214 valence electrons. The highest BCUT2D eigenvalue weighted by Gasteiger charge is 2.33. The van der Waals surface area contributed by atoms with Crippen LogP contribution in [0.5, 0.6) is 0 Å². The Hall–Kier alpha value is -3.07. The molecule has 0 saturated carbocycles. The molecule has 0 saturated heterocycles. The van der Waals surface area contributed by atoms with Crippen LogP contribution in [0.3, 0.4) is 0 Å². The summed E-state index contributed by atoms with van der Waals surface area (Å²) in [6, 6.07) is 19.4. The van der Waals surface area contributed by atoms with Crippen molar-refractivity contribution >= 4 is 50.7 Å². The Bertz CT molecular complexity index is 1420. The summed E-state index contributed by atoms with van der Waals surface area (Å²) < 4.78 is 28.8. The number of carbonyl (C=O) groups excluding carboxylic acids is 2. The standard InChI is InChI=1S/C30H35Cl2N3O4S/c1-21-11-13-27(14-12-21)40(38,39)35(26-18-24(31)17-25(32)19-26)20-28(36)34(16-15-23-9-7-6-8-10-23)22(2)29(37)33-30(3,4)5/h6-14,17-19,22H,15-16,20H2,1-5H3,(H,33,37)/t22-/m0/s1. The van der Waals surface area contributed by atoms with E-state index in [0.717, 1.165) is 15.4 Å². The molecule has 0 fully saturated rings. The highest BCUT2D eigenvalue weighted by atomic mass is 35.5. The van der Waals surface area contributed by atoms with E-state index in [2.05, 4.69) is 5.32 Å². The Balaban J connectivity index is 2.02. The third-order valence-corrected chi connectivity index (χ3v) is 8.40. The molecule has 0 aliphatic carbocycles. The van der Waals surface area contributed by atoms with Crippen molar-refractivity contribution in [3.8, 4) is 0 Å². The van der Waals surface area contributed by atoms with Crippen LogP contribution in [0, 0.1) is 6.92 Å². The van der Waals surface area contributed by atoms with Gasteiger partial charge in [0.25, 0.3) is 10.0 Å². The van der Waals surface area contributed by atoms with E-state index in [1.165, 1.54) is 35.2 Å². The van der Waals surface area contributed by atoms with E-state index in [0.29, 0.717) is 6.42 Å². The lowest BCUT2D eigenvalue weighted by molar-refractivity contribution is -0.139. The molecule has 0 bridgehead atoms. The molecule has 0 unspecified atom stereocenters. The van der Waals surface area contributed by atoms with Crippen molar-refractivity contribution in [1.82, 2.24) is 10.2 Å². The molecule has 1 atom stereocenters. The average Bonchev–Trinajstić information content (AvgIpc) is 2.86. The largest absolute Gasteiger partial charge is 0.350 e. The number of amides is 2. The maximum atomic E-state index is 13.9. The van der Waals surface area contributed by atoms with E-state index in [4.69, 9.17) is 23.2 Å². The SMILES string of the molecule is Cc1ccc(S(=O)(=O)N(CC(=O)N(CCc2ccccc2)[C@@H](C)C(=O)NC(C)(C)C)c2cc(Cl)cc(Cl)c2)cc1. The molecule has 3 rings (SSSR count). The predicted octanol–water partition coefficient (Wildman–Crippen LogP) is 5.87. The molecule has 40 heavy (non-hydrogen) atoms. The Morgan fingerprint density at radius 1 is 0.925 bits per heavy atom. The maximum Gasteiger partial charge on any atom is 0.264 e. The number of rotatable bonds is 10. The molecule has 0 aliphatic rings. The first-order valence-corrected chi connectivity index (χ1v) is 15.1. The molecule has 0 aliphatic heterocycles. The van der Waals surface area contributed by atoms with Gasteiger partial charge in [0.2, 0.25) is 11.8 Å². The first-order chi connectivity index (χ1) is 18.7. The Morgan fingerprint density at radius 2 is 1.50 bits per heavy atom. The zero-order valence-corrected chi connectivity index (χ0v) is 25.6. The van der Waals surface area contributed by atoms with Crippen LogP contribution >= 0.6 is 23.2 Å². The summed E-state index contributed by atoms with van der Waals surface area (Å²) in [5.41, 5.74) is 1.49. The van der Waals surface area contributed by atoms with Gasteiger partial charge in [0.1, 0.15) is 12.6 Å². The molecule has 3 aromatic rings. The molecule has 1 N–H and O–H groups in total. The van der Waals surface area contributed by atoms with Gasteiger partial charge in [0.05, 0.1) is 10.6 Å². The zero-order chi connectivity index (χ0) is 29.7. The van der Waals surface area contributed by atoms with Gasteiger partial charge in [0, 0.05) is 22.1 Å². The van der Waals surface area contributed by atoms with Gasteiger partial charge in [-0.2, -0.15) is 0 Å². The summed E-state index contributed by atoms with van der Waals surface area (Å²) in [5.74, 6) is -0.882. The van der Waals surface area contributed by atoms with E-state index in [-0.39, 0.29) is 33.1 Å². The van der Waals surface area contributed by atoms with Gasteiger partial charge in [-0.05, 0) is 76.9 Å². The number of nitrogens with one attached hydrogen (secondary N) is 1. The van der Waals surface area contributed by atoms with Crippen LogP contribution in [-0.2, 0) is 26.0 Å². The fraction of sp³-hybridized carbons (Fsp3) is 0.333. The van der Waals surface area contributed by atoms with E-state index in [9.17, 15) is 18.0 Å². The Kier molecular flexibility index (Phi) is 10.3. The lowest BCUT2D eigenvalue weighted by atomic mass is 10.1. The molecular formula is C30H35Cl2N3O4S. The third kappa shape index (κ3) is 8.46. The molecule has 3 aromatic carbocycles. The third-order valence-electron chi connectivity index (χ3n) is 6.17. The quantitative estimate of drug-likeness (QED) is 0.314. The maximum absolute atomic E-state index is 13.9. The fourth-order valence-corrected chi connectivity index (χ4v) is 6.01. The normalized spacial score (nSPS) is 12.5. The zero-order valence-electron chi connectivity index (χ0n) is 23.3. The minimum Gasteiger partial charge on any atom is -0.350 e. The van der Waals surface area contributed by atoms with Crippen LogP contribution in [0.2, 0.25) is 10.0 Å². The molecule has 2 amide bonds. The molecule has 0 spiro atoms. The molecular weight excluding hydrogens is 569 g/mol. The van der Waals surface area contributed by atoms with Gasteiger partial charge >= 0.3 is 0 Å². The van der Waals surface area contributed by atoms with Crippen molar-refractivity contribution in [3.63, 3.8) is 0 Å². The van der Waals surface area contributed by atoms with Crippen molar-refractivity contribution in [2.75, 3.05) is 17.4 Å². The van der Waals surface area contributed by atoms with Crippen molar-refractivity contribution in [2.24, 2.45) is 0 Å². The van der Waals surface area contributed by atoms with Gasteiger partial charge in [-0.25, -0.2) is 8.42 Å². The van der Waals surface area contributed by atoms with Crippen LogP contribution in [0.1, 0.15) is 38.8 Å². The van der Waals surface area contributed by atoms with E-state index >= 15 is 0 Å². The topological polar surface area (TPSA) is 86.8 Å². The first kappa shape index (κ1) is 31.5. The number of nitrogens with zero attached hydrogens (tertiary/aromatic N) is 2. The van der Waals surface area contributed by atoms with Gasteiger partial charge in [-0.3, -0.25) is 13.9 Å². The lowest BCUT2D eigenvalue weighted by Crippen LogP contribution is -2.55. The summed E-state index contributed by atoms with van der Waals surface area (Å²) in [6.07, 6.45) is 0.480. The second kappa shape index (κ2) is 13.1. The van der Waals surface area contributed by atoms with E-state index in [1.54, 1.807) is 19.1 Å². The number of carbonyl (C=O) groups is 2. The van der Waals surface area contributed by atoms with E-state index < -0.39 is 34.1 Å². The van der Waals surface area contributed by atoms with Crippen molar-refractivity contribution < 1.29 is 18.0 Å². The number of hydrogen-bond acceptors (Lipinski definition) is 4. The first-order valence-electron chi connectivity index (χ1n) is 12.9. The van der Waals surface area contributed by atoms with Crippen LogP contribution in [0.25, 0.3) is 0 Å². The number of halogens is 2. The smallest absolute Gasteiger partial charge is 0.264 e. The number of anilines is 1. The van der Waals surface area contributed by atoms with Gasteiger partial charge in [-0.1, -0.05) is 71.2 Å². The molecule has 7 nitrogen and oxygen atoms in total. The summed E-state index contributed by atoms with van der Waals surface area (Å²) in [6.45, 7) is 8.69. The Labute approximate surface area is 247 Å². The van der Waals surface area contributed by atoms with Crippen LogP contribution in [0.15, 0.2) is 77.7 Å². The number of sulfonamides is 1. The minimum absolute atomic E-state index is 0.0105. The molecule has 0 aromatic heterocycles. The van der Waals surface area contributed by atoms with Crippen LogP contribution < -0.4 is 9.62 Å². The van der Waals surface area contributed by atoms with Crippen molar-refractivity contribution in [2.45, 2.75) is 57.5 Å². The highest BCUT2D eigenvalue weighted by molar-refractivity contribution is 7.92. The highest BCUT2D eigenvalue weighted by Crippen LogP contribution is 2.30. The number of hydrogen-bond donors (Lipinski definition) is 1. The predicted molar refractivity (Wildman–Crippen MR) is 161 cm³/mol. The lowest BCUT2D eigenvalue weighted by Gasteiger charge is -2.33. The average molecular weight is 605 g/mol. The van der Waals surface area contributed by atoms with E-state index in [1.807, 2.05) is 58.0 Å².